The molecule has 0 aliphatic carbocycles. The molecule has 0 aromatic heterocycles. The van der Waals surface area contributed by atoms with Crippen LogP contribution in [0.15, 0.2) is 30.3 Å². The highest BCUT2D eigenvalue weighted by Crippen LogP contribution is 2.45. The summed E-state index contributed by atoms with van der Waals surface area (Å²) < 4.78 is 29.2. The number of methoxy groups -OCH3 is 3. The van der Waals surface area contributed by atoms with Crippen molar-refractivity contribution in [1.29, 1.82) is 0 Å². The lowest BCUT2D eigenvalue weighted by atomic mass is 10.0. The van der Waals surface area contributed by atoms with Gasteiger partial charge in [0.05, 0.1) is 37.4 Å². The van der Waals surface area contributed by atoms with Crippen LogP contribution >= 0.6 is 0 Å². The van der Waals surface area contributed by atoms with E-state index in [4.69, 9.17) is 14.2 Å². The summed E-state index contributed by atoms with van der Waals surface area (Å²) in [6, 6.07) is 6.31. The summed E-state index contributed by atoms with van der Waals surface area (Å²) in [5.41, 5.74) is 0.113. The molecule has 0 aliphatic heterocycles. The topological polar surface area (TPSA) is 70.8 Å². The number of halogens is 1. The van der Waals surface area contributed by atoms with Crippen LogP contribution in [-0.2, 0) is 0 Å². The second-order valence-corrected chi connectivity index (χ2v) is 4.33. The van der Waals surface area contributed by atoms with Crippen LogP contribution in [0, 0.1) is 15.9 Å². The minimum Gasteiger partial charge on any atom is -0.496 e. The monoisotopic (exact) mass is 307 g/mol. The van der Waals surface area contributed by atoms with E-state index in [-0.39, 0.29) is 28.3 Å². The molecule has 0 bridgehead atoms. The van der Waals surface area contributed by atoms with E-state index in [1.54, 1.807) is 12.1 Å². The minimum absolute atomic E-state index is 0.0707. The molecular formula is C15H14FNO5. The Kier molecular flexibility index (Phi) is 4.45. The van der Waals surface area contributed by atoms with Crippen molar-refractivity contribution in [2.45, 2.75) is 0 Å². The SMILES string of the molecule is COc1cc(OC)c(-c2cc(F)ccc2[N+](=O)[O-])c(OC)c1. The maximum absolute atomic E-state index is 13.6. The predicted molar refractivity (Wildman–Crippen MR) is 78.1 cm³/mol. The van der Waals surface area contributed by atoms with Gasteiger partial charge in [0, 0.05) is 18.2 Å². The van der Waals surface area contributed by atoms with E-state index < -0.39 is 10.7 Å². The number of ether oxygens (including phenoxy) is 3. The van der Waals surface area contributed by atoms with Crippen molar-refractivity contribution in [3.8, 4) is 28.4 Å². The van der Waals surface area contributed by atoms with Crippen LogP contribution in [0.5, 0.6) is 17.2 Å². The van der Waals surface area contributed by atoms with Crippen LogP contribution in [0.4, 0.5) is 10.1 Å². The first kappa shape index (κ1) is 15.6. The summed E-state index contributed by atoms with van der Waals surface area (Å²) >= 11 is 0. The van der Waals surface area contributed by atoms with Crippen LogP contribution in [-0.4, -0.2) is 26.3 Å². The summed E-state index contributed by atoms with van der Waals surface area (Å²) in [6.45, 7) is 0. The predicted octanol–water partition coefficient (Wildman–Crippen LogP) is 3.43. The van der Waals surface area contributed by atoms with Crippen molar-refractivity contribution in [3.05, 3.63) is 46.3 Å². The van der Waals surface area contributed by atoms with E-state index in [1.165, 1.54) is 21.3 Å². The molecule has 0 amide bonds. The fourth-order valence-corrected chi connectivity index (χ4v) is 2.14. The lowest BCUT2D eigenvalue weighted by Gasteiger charge is -2.15. The molecule has 0 atom stereocenters. The molecule has 0 heterocycles. The van der Waals surface area contributed by atoms with Gasteiger partial charge in [-0.05, 0) is 12.1 Å². The van der Waals surface area contributed by atoms with Crippen LogP contribution in [0.3, 0.4) is 0 Å². The smallest absolute Gasteiger partial charge is 0.277 e. The molecule has 2 aromatic rings. The Balaban J connectivity index is 2.81. The Hall–Kier alpha value is -2.83. The average Bonchev–Trinajstić information content (AvgIpc) is 2.52. The Morgan fingerprint density at radius 2 is 1.59 bits per heavy atom. The van der Waals surface area contributed by atoms with Gasteiger partial charge in [-0.1, -0.05) is 0 Å². The maximum atomic E-state index is 13.6. The standard InChI is InChI=1S/C15H14FNO5/c1-20-10-7-13(21-2)15(14(8-10)22-3)11-6-9(16)4-5-12(11)17(18)19/h4-8H,1-3H3. The van der Waals surface area contributed by atoms with Gasteiger partial charge in [-0.15, -0.1) is 0 Å². The van der Waals surface area contributed by atoms with Crippen LogP contribution in [0.2, 0.25) is 0 Å². The second kappa shape index (κ2) is 6.30. The number of hydrogen-bond donors (Lipinski definition) is 0. The average molecular weight is 307 g/mol. The van der Waals surface area contributed by atoms with Gasteiger partial charge in [0.2, 0.25) is 0 Å². The first-order chi connectivity index (χ1) is 10.5. The first-order valence-corrected chi connectivity index (χ1v) is 6.26. The molecule has 0 aliphatic rings. The normalized spacial score (nSPS) is 10.2. The Morgan fingerprint density at radius 3 is 2.05 bits per heavy atom. The maximum Gasteiger partial charge on any atom is 0.277 e. The summed E-state index contributed by atoms with van der Waals surface area (Å²) in [4.78, 5) is 10.6. The fourth-order valence-electron chi connectivity index (χ4n) is 2.14. The molecule has 2 aromatic carbocycles. The van der Waals surface area contributed by atoms with Crippen molar-refractivity contribution in [1.82, 2.24) is 0 Å². The molecule has 0 saturated carbocycles. The summed E-state index contributed by atoms with van der Waals surface area (Å²) in [7, 11) is 4.28. The molecule has 0 fully saturated rings. The molecule has 0 spiro atoms. The van der Waals surface area contributed by atoms with Gasteiger partial charge in [-0.3, -0.25) is 10.1 Å². The molecular weight excluding hydrogens is 293 g/mol. The third-order valence-corrected chi connectivity index (χ3v) is 3.14. The van der Waals surface area contributed by atoms with Gasteiger partial charge in [0.15, 0.2) is 0 Å². The molecule has 22 heavy (non-hydrogen) atoms. The molecule has 6 nitrogen and oxygen atoms in total. The quantitative estimate of drug-likeness (QED) is 0.625. The molecule has 0 N–H and O–H groups in total. The third kappa shape index (κ3) is 2.78. The second-order valence-electron chi connectivity index (χ2n) is 4.33. The van der Waals surface area contributed by atoms with Crippen LogP contribution < -0.4 is 14.2 Å². The van der Waals surface area contributed by atoms with E-state index >= 15 is 0 Å². The Labute approximate surface area is 126 Å². The largest absolute Gasteiger partial charge is 0.496 e. The highest BCUT2D eigenvalue weighted by molar-refractivity contribution is 5.84. The van der Waals surface area contributed by atoms with Crippen molar-refractivity contribution in [2.24, 2.45) is 0 Å². The Morgan fingerprint density at radius 1 is 1.00 bits per heavy atom. The van der Waals surface area contributed by atoms with Gasteiger partial charge in [-0.2, -0.15) is 0 Å². The molecule has 2 rings (SSSR count). The van der Waals surface area contributed by atoms with E-state index in [0.29, 0.717) is 5.75 Å². The number of nitro groups is 1. The Bertz CT molecular complexity index is 692. The van der Waals surface area contributed by atoms with Gasteiger partial charge < -0.3 is 14.2 Å². The highest BCUT2D eigenvalue weighted by atomic mass is 19.1. The molecule has 7 heteroatoms. The first-order valence-electron chi connectivity index (χ1n) is 6.26. The fraction of sp³-hybridized carbons (Fsp3) is 0.200. The van der Waals surface area contributed by atoms with E-state index in [0.717, 1.165) is 18.2 Å². The summed E-state index contributed by atoms with van der Waals surface area (Å²) in [6.07, 6.45) is 0. The van der Waals surface area contributed by atoms with Gasteiger partial charge in [0.1, 0.15) is 23.1 Å². The molecule has 116 valence electrons. The minimum atomic E-state index is -0.597. The van der Waals surface area contributed by atoms with Crippen molar-refractivity contribution >= 4 is 5.69 Å². The number of rotatable bonds is 5. The van der Waals surface area contributed by atoms with Gasteiger partial charge in [0.25, 0.3) is 5.69 Å². The van der Waals surface area contributed by atoms with Crippen molar-refractivity contribution in [2.75, 3.05) is 21.3 Å². The molecule has 0 saturated heterocycles. The van der Waals surface area contributed by atoms with E-state index in [9.17, 15) is 14.5 Å². The number of nitro benzene ring substituents is 1. The van der Waals surface area contributed by atoms with Gasteiger partial charge >= 0.3 is 0 Å². The van der Waals surface area contributed by atoms with Crippen molar-refractivity contribution in [3.63, 3.8) is 0 Å². The van der Waals surface area contributed by atoms with E-state index in [1.807, 2.05) is 0 Å². The van der Waals surface area contributed by atoms with Crippen molar-refractivity contribution < 1.29 is 23.5 Å². The zero-order chi connectivity index (χ0) is 16.3. The highest BCUT2D eigenvalue weighted by Gasteiger charge is 2.24. The molecule has 0 unspecified atom stereocenters. The van der Waals surface area contributed by atoms with Crippen LogP contribution in [0.25, 0.3) is 11.1 Å². The van der Waals surface area contributed by atoms with E-state index in [2.05, 4.69) is 0 Å². The summed E-state index contributed by atoms with van der Waals surface area (Å²) in [5.74, 6) is 0.423. The van der Waals surface area contributed by atoms with Crippen LogP contribution in [0.1, 0.15) is 0 Å². The third-order valence-electron chi connectivity index (χ3n) is 3.14. The number of benzene rings is 2. The zero-order valence-corrected chi connectivity index (χ0v) is 12.3. The van der Waals surface area contributed by atoms with Gasteiger partial charge in [-0.25, -0.2) is 4.39 Å². The number of hydrogen-bond acceptors (Lipinski definition) is 5. The number of nitrogens with zero attached hydrogens (tertiary/aromatic N) is 1. The zero-order valence-electron chi connectivity index (χ0n) is 12.3. The lowest BCUT2D eigenvalue weighted by molar-refractivity contribution is -0.384. The molecule has 0 radical (unpaired) electrons. The summed E-state index contributed by atoms with van der Waals surface area (Å²) in [5, 5.41) is 11.2. The lowest BCUT2D eigenvalue weighted by Crippen LogP contribution is -1.99.